The number of anilines is 1. The molecule has 0 saturated heterocycles. The van der Waals surface area contributed by atoms with Crippen LogP contribution in [-0.4, -0.2) is 42.7 Å². The van der Waals surface area contributed by atoms with Crippen LogP contribution in [0.1, 0.15) is 44.9 Å². The van der Waals surface area contributed by atoms with Crippen LogP contribution >= 0.6 is 0 Å². The summed E-state index contributed by atoms with van der Waals surface area (Å²) < 4.78 is 27.2. The van der Waals surface area contributed by atoms with E-state index < -0.39 is 16.1 Å². The number of nitrogens with one attached hydrogen (secondary N) is 2. The van der Waals surface area contributed by atoms with Crippen molar-refractivity contribution in [2.45, 2.75) is 51.6 Å². The molecule has 0 bridgehead atoms. The number of carbonyl (C=O) groups is 1. The Morgan fingerprint density at radius 2 is 1.86 bits per heavy atom. The summed E-state index contributed by atoms with van der Waals surface area (Å²) in [6.45, 7) is 9.87. The van der Waals surface area contributed by atoms with Crippen LogP contribution in [0, 0.1) is 6.92 Å². The number of rotatable bonds is 9. The summed E-state index contributed by atoms with van der Waals surface area (Å²) in [4.78, 5) is 16.9. The lowest BCUT2D eigenvalue weighted by molar-refractivity contribution is -0.117. The van der Waals surface area contributed by atoms with Crippen molar-refractivity contribution in [1.82, 2.24) is 14.6 Å². The van der Waals surface area contributed by atoms with Crippen molar-refractivity contribution in [2.24, 2.45) is 0 Å². The number of nitrogens with zero attached hydrogens (tertiary/aromatic N) is 2. The third-order valence-electron chi connectivity index (χ3n) is 4.86. The molecular formula is C21H30N4O3S. The number of hydrogen-bond acceptors (Lipinski definition) is 5. The van der Waals surface area contributed by atoms with Gasteiger partial charge in [-0.25, -0.2) is 8.42 Å². The van der Waals surface area contributed by atoms with Crippen molar-refractivity contribution in [1.29, 1.82) is 0 Å². The zero-order chi connectivity index (χ0) is 21.6. The van der Waals surface area contributed by atoms with E-state index in [2.05, 4.69) is 15.6 Å². The average Bonchev–Trinajstić information content (AvgIpc) is 2.70. The topological polar surface area (TPSA) is 91.4 Å². The largest absolute Gasteiger partial charge is 0.325 e. The van der Waals surface area contributed by atoms with Crippen LogP contribution in [0.4, 0.5) is 5.69 Å². The second-order valence-electron chi connectivity index (χ2n) is 6.96. The summed E-state index contributed by atoms with van der Waals surface area (Å²) in [6, 6.07) is 8.21. The van der Waals surface area contributed by atoms with Crippen molar-refractivity contribution in [3.8, 4) is 0 Å². The monoisotopic (exact) mass is 418 g/mol. The number of carbonyl (C=O) groups excluding carboxylic acids is 1. The Labute approximate surface area is 173 Å². The molecule has 0 radical (unpaired) electrons. The van der Waals surface area contributed by atoms with Crippen molar-refractivity contribution in [3.05, 3.63) is 53.9 Å². The highest BCUT2D eigenvalue weighted by Gasteiger charge is 2.24. The van der Waals surface area contributed by atoms with E-state index in [-0.39, 0.29) is 16.8 Å². The van der Waals surface area contributed by atoms with E-state index in [0.717, 1.165) is 5.56 Å². The molecule has 0 saturated carbocycles. The standard InChI is InChI=1S/C21H30N4O3S/c1-6-25(7-2)29(27,28)20-13-19(11-10-15(20)3)24-21(26)17(5)23-16(4)18-9-8-12-22-14-18/h8-14,16-17,23H,6-7H2,1-5H3,(H,24,26). The molecule has 1 aromatic heterocycles. The molecule has 2 unspecified atom stereocenters. The lowest BCUT2D eigenvalue weighted by Crippen LogP contribution is -2.39. The summed E-state index contributed by atoms with van der Waals surface area (Å²) >= 11 is 0. The van der Waals surface area contributed by atoms with Gasteiger partial charge in [-0.15, -0.1) is 0 Å². The Morgan fingerprint density at radius 1 is 1.17 bits per heavy atom. The van der Waals surface area contributed by atoms with Crippen molar-refractivity contribution in [3.63, 3.8) is 0 Å². The maximum absolute atomic E-state index is 12.9. The molecule has 2 rings (SSSR count). The molecule has 8 heteroatoms. The Morgan fingerprint density at radius 3 is 2.45 bits per heavy atom. The van der Waals surface area contributed by atoms with Gasteiger partial charge in [-0.2, -0.15) is 4.31 Å². The van der Waals surface area contributed by atoms with Gasteiger partial charge >= 0.3 is 0 Å². The van der Waals surface area contributed by atoms with Gasteiger partial charge in [0.15, 0.2) is 0 Å². The Bertz CT molecular complexity index is 928. The maximum Gasteiger partial charge on any atom is 0.243 e. The Kier molecular flexibility index (Phi) is 7.89. The highest BCUT2D eigenvalue weighted by atomic mass is 32.2. The van der Waals surface area contributed by atoms with Gasteiger partial charge in [0.05, 0.1) is 10.9 Å². The third-order valence-corrected chi connectivity index (χ3v) is 7.05. The molecule has 1 heterocycles. The summed E-state index contributed by atoms with van der Waals surface area (Å²) in [5.41, 5.74) is 2.08. The first kappa shape index (κ1) is 23.0. The molecule has 1 aromatic carbocycles. The minimum absolute atomic E-state index is 0.0546. The Balaban J connectivity index is 2.14. The second-order valence-corrected chi connectivity index (χ2v) is 8.86. The average molecular weight is 419 g/mol. The van der Waals surface area contributed by atoms with E-state index in [9.17, 15) is 13.2 Å². The van der Waals surface area contributed by atoms with Crippen molar-refractivity contribution < 1.29 is 13.2 Å². The van der Waals surface area contributed by atoms with Crippen LogP contribution < -0.4 is 10.6 Å². The van der Waals surface area contributed by atoms with Gasteiger partial charge < -0.3 is 5.32 Å². The molecule has 2 N–H and O–H groups in total. The number of aromatic nitrogens is 1. The van der Waals surface area contributed by atoms with Crippen LogP contribution in [0.15, 0.2) is 47.6 Å². The van der Waals surface area contributed by atoms with Gasteiger partial charge in [-0.05, 0) is 50.1 Å². The molecule has 0 aliphatic heterocycles. The fourth-order valence-corrected chi connectivity index (χ4v) is 4.80. The van der Waals surface area contributed by atoms with Gasteiger partial charge in [0, 0.05) is 37.2 Å². The van der Waals surface area contributed by atoms with Crippen LogP contribution in [0.2, 0.25) is 0 Å². The number of benzene rings is 1. The first-order valence-electron chi connectivity index (χ1n) is 9.78. The number of sulfonamides is 1. The lowest BCUT2D eigenvalue weighted by atomic mass is 10.1. The molecule has 2 atom stereocenters. The molecule has 0 fully saturated rings. The normalized spacial score (nSPS) is 13.9. The zero-order valence-electron chi connectivity index (χ0n) is 17.6. The third kappa shape index (κ3) is 5.62. The molecule has 158 valence electrons. The number of amides is 1. The van der Waals surface area contributed by atoms with Gasteiger partial charge in [0.1, 0.15) is 0 Å². The number of pyridine rings is 1. The summed E-state index contributed by atoms with van der Waals surface area (Å²) in [6.07, 6.45) is 3.46. The first-order chi connectivity index (χ1) is 13.7. The highest BCUT2D eigenvalue weighted by molar-refractivity contribution is 7.89. The lowest BCUT2D eigenvalue weighted by Gasteiger charge is -2.21. The van der Waals surface area contributed by atoms with Gasteiger partial charge in [-0.1, -0.05) is 26.0 Å². The molecule has 7 nitrogen and oxygen atoms in total. The van der Waals surface area contributed by atoms with E-state index in [1.807, 2.05) is 19.1 Å². The summed E-state index contributed by atoms with van der Waals surface area (Å²) in [7, 11) is -3.61. The maximum atomic E-state index is 12.9. The molecule has 0 spiro atoms. The summed E-state index contributed by atoms with van der Waals surface area (Å²) in [5.74, 6) is -0.240. The molecule has 29 heavy (non-hydrogen) atoms. The van der Waals surface area contributed by atoms with Gasteiger partial charge in [0.25, 0.3) is 0 Å². The van der Waals surface area contributed by atoms with Crippen LogP contribution in [0.5, 0.6) is 0 Å². The van der Waals surface area contributed by atoms with Gasteiger partial charge in [-0.3, -0.25) is 15.1 Å². The first-order valence-corrected chi connectivity index (χ1v) is 11.2. The minimum atomic E-state index is -3.61. The SMILES string of the molecule is CCN(CC)S(=O)(=O)c1cc(NC(=O)C(C)NC(C)c2cccnc2)ccc1C. The van der Waals surface area contributed by atoms with E-state index in [0.29, 0.717) is 24.3 Å². The number of hydrogen-bond donors (Lipinski definition) is 2. The summed E-state index contributed by atoms with van der Waals surface area (Å²) in [5, 5.41) is 6.04. The quantitative estimate of drug-likeness (QED) is 0.653. The molecule has 0 aliphatic carbocycles. The van der Waals surface area contributed by atoms with E-state index in [4.69, 9.17) is 0 Å². The fraction of sp³-hybridized carbons (Fsp3) is 0.429. The van der Waals surface area contributed by atoms with Gasteiger partial charge in [0.2, 0.25) is 15.9 Å². The van der Waals surface area contributed by atoms with Crippen molar-refractivity contribution >= 4 is 21.6 Å². The van der Waals surface area contributed by atoms with Crippen LogP contribution in [0.3, 0.4) is 0 Å². The second kappa shape index (κ2) is 9.96. The smallest absolute Gasteiger partial charge is 0.243 e. The minimum Gasteiger partial charge on any atom is -0.325 e. The molecular weight excluding hydrogens is 388 g/mol. The molecule has 0 aliphatic rings. The van der Waals surface area contributed by atoms with E-state index in [1.165, 1.54) is 10.4 Å². The molecule has 2 aromatic rings. The molecule has 1 amide bonds. The predicted octanol–water partition coefficient (Wildman–Crippen LogP) is 3.10. The van der Waals surface area contributed by atoms with Crippen LogP contribution in [-0.2, 0) is 14.8 Å². The van der Waals surface area contributed by atoms with Crippen molar-refractivity contribution in [2.75, 3.05) is 18.4 Å². The van der Waals surface area contributed by atoms with E-state index in [1.54, 1.807) is 52.2 Å². The fourth-order valence-electron chi connectivity index (χ4n) is 3.09. The zero-order valence-corrected chi connectivity index (χ0v) is 18.5. The Hall–Kier alpha value is -2.29. The highest BCUT2D eigenvalue weighted by Crippen LogP contribution is 2.24. The predicted molar refractivity (Wildman–Crippen MR) is 115 cm³/mol. The van der Waals surface area contributed by atoms with Crippen LogP contribution in [0.25, 0.3) is 0 Å². The van der Waals surface area contributed by atoms with E-state index >= 15 is 0 Å². The number of aryl methyl sites for hydroxylation is 1.